The molecule has 0 bridgehead atoms. The van der Waals surface area contributed by atoms with Crippen molar-refractivity contribution < 1.29 is 9.13 Å². The highest BCUT2D eigenvalue weighted by molar-refractivity contribution is 5.85. The van der Waals surface area contributed by atoms with Crippen molar-refractivity contribution in [2.45, 2.75) is 38.6 Å². The molecule has 0 aliphatic carbocycles. The fraction of sp³-hybridized carbons (Fsp3) is 0.538. The Labute approximate surface area is 109 Å². The summed E-state index contributed by atoms with van der Waals surface area (Å²) in [5, 5.41) is 0. The molecular weight excluding hydrogens is 241 g/mol. The average molecular weight is 262 g/mol. The van der Waals surface area contributed by atoms with Crippen LogP contribution in [0.3, 0.4) is 0 Å². The van der Waals surface area contributed by atoms with E-state index in [1.54, 1.807) is 6.07 Å². The quantitative estimate of drug-likeness (QED) is 0.790. The van der Waals surface area contributed by atoms with Crippen LogP contribution in [0.2, 0.25) is 0 Å². The first kappa shape index (κ1) is 16.2. The molecule has 0 fully saturated rings. The van der Waals surface area contributed by atoms with Gasteiger partial charge in [-0.05, 0) is 12.5 Å². The van der Waals surface area contributed by atoms with Gasteiger partial charge in [0.05, 0.1) is 7.11 Å². The van der Waals surface area contributed by atoms with Gasteiger partial charge in [-0.25, -0.2) is 4.39 Å². The Kier molecular flexibility index (Phi) is 7.92. The van der Waals surface area contributed by atoms with Gasteiger partial charge in [-0.1, -0.05) is 38.3 Å². The molecule has 0 saturated carbocycles. The van der Waals surface area contributed by atoms with E-state index >= 15 is 0 Å². The van der Waals surface area contributed by atoms with Crippen LogP contribution in [0, 0.1) is 5.82 Å². The number of unbranched alkanes of at least 4 members (excludes halogenated alkanes) is 2. The molecule has 0 heterocycles. The minimum absolute atomic E-state index is 0. The summed E-state index contributed by atoms with van der Waals surface area (Å²) in [6.45, 7) is 2.15. The number of ether oxygens (including phenoxy) is 1. The molecule has 0 radical (unpaired) electrons. The van der Waals surface area contributed by atoms with E-state index in [0.29, 0.717) is 0 Å². The molecular formula is C13H21ClFNO. The average Bonchev–Trinajstić information content (AvgIpc) is 2.29. The van der Waals surface area contributed by atoms with Gasteiger partial charge in [-0.2, -0.15) is 0 Å². The summed E-state index contributed by atoms with van der Waals surface area (Å²) in [7, 11) is 1.47. The van der Waals surface area contributed by atoms with Crippen molar-refractivity contribution >= 4 is 12.4 Å². The second-order valence-corrected chi connectivity index (χ2v) is 3.96. The molecule has 0 unspecified atom stereocenters. The fourth-order valence-electron chi connectivity index (χ4n) is 1.80. The second-order valence-electron chi connectivity index (χ2n) is 3.96. The normalized spacial score (nSPS) is 11.8. The summed E-state index contributed by atoms with van der Waals surface area (Å²) in [5.41, 5.74) is 6.80. The summed E-state index contributed by atoms with van der Waals surface area (Å²) in [6.07, 6.45) is 4.25. The number of methoxy groups -OCH3 is 1. The Morgan fingerprint density at radius 2 is 2.06 bits per heavy atom. The molecule has 0 aliphatic heterocycles. The maximum Gasteiger partial charge on any atom is 0.165 e. The van der Waals surface area contributed by atoms with Crippen LogP contribution in [0.15, 0.2) is 18.2 Å². The van der Waals surface area contributed by atoms with Gasteiger partial charge in [-0.15, -0.1) is 12.4 Å². The minimum Gasteiger partial charge on any atom is -0.493 e. The van der Waals surface area contributed by atoms with Crippen molar-refractivity contribution in [3.05, 3.63) is 29.6 Å². The number of hydrogen-bond donors (Lipinski definition) is 1. The molecule has 17 heavy (non-hydrogen) atoms. The number of para-hydroxylation sites is 1. The Morgan fingerprint density at radius 1 is 1.35 bits per heavy atom. The summed E-state index contributed by atoms with van der Waals surface area (Å²) >= 11 is 0. The van der Waals surface area contributed by atoms with E-state index in [9.17, 15) is 4.39 Å². The zero-order valence-electron chi connectivity index (χ0n) is 10.4. The van der Waals surface area contributed by atoms with Crippen LogP contribution in [-0.2, 0) is 0 Å². The molecule has 0 amide bonds. The number of hydrogen-bond acceptors (Lipinski definition) is 2. The standard InChI is InChI=1S/C13H20FNO.ClH/c1-3-4-5-9-12(15)10-7-6-8-11(14)13(10)16-2;/h6-8,12H,3-5,9,15H2,1-2H3;1H/t12-;/m0./s1. The van der Waals surface area contributed by atoms with E-state index in [2.05, 4.69) is 6.92 Å². The lowest BCUT2D eigenvalue weighted by molar-refractivity contribution is 0.376. The molecule has 0 spiro atoms. The van der Waals surface area contributed by atoms with Gasteiger partial charge in [0.1, 0.15) is 0 Å². The van der Waals surface area contributed by atoms with E-state index in [0.717, 1.165) is 31.2 Å². The van der Waals surface area contributed by atoms with Gasteiger partial charge in [0.25, 0.3) is 0 Å². The van der Waals surface area contributed by atoms with E-state index in [-0.39, 0.29) is 30.0 Å². The van der Waals surface area contributed by atoms with Crippen LogP contribution in [0.1, 0.15) is 44.2 Å². The Morgan fingerprint density at radius 3 is 2.65 bits per heavy atom. The van der Waals surface area contributed by atoms with Crippen molar-refractivity contribution in [2.75, 3.05) is 7.11 Å². The van der Waals surface area contributed by atoms with Crippen molar-refractivity contribution in [2.24, 2.45) is 5.73 Å². The molecule has 1 aromatic carbocycles. The maximum absolute atomic E-state index is 13.4. The Hall–Kier alpha value is -0.800. The highest BCUT2D eigenvalue weighted by Crippen LogP contribution is 2.29. The molecule has 1 rings (SSSR count). The molecule has 0 aliphatic rings. The Bertz CT molecular complexity index is 333. The molecule has 1 atom stereocenters. The smallest absolute Gasteiger partial charge is 0.165 e. The van der Waals surface area contributed by atoms with Gasteiger partial charge in [0.2, 0.25) is 0 Å². The lowest BCUT2D eigenvalue weighted by atomic mass is 10.0. The lowest BCUT2D eigenvalue weighted by Gasteiger charge is -2.15. The van der Waals surface area contributed by atoms with Crippen LogP contribution in [-0.4, -0.2) is 7.11 Å². The topological polar surface area (TPSA) is 35.2 Å². The first-order valence-corrected chi connectivity index (χ1v) is 5.78. The van der Waals surface area contributed by atoms with E-state index in [1.165, 1.54) is 13.2 Å². The molecule has 0 aromatic heterocycles. The molecule has 2 nitrogen and oxygen atoms in total. The molecule has 1 aromatic rings. The number of benzene rings is 1. The van der Waals surface area contributed by atoms with E-state index in [4.69, 9.17) is 10.5 Å². The zero-order chi connectivity index (χ0) is 12.0. The summed E-state index contributed by atoms with van der Waals surface area (Å²) in [5.74, 6) is -0.0579. The Balaban J connectivity index is 0.00000256. The van der Waals surface area contributed by atoms with Crippen molar-refractivity contribution in [1.29, 1.82) is 0 Å². The van der Waals surface area contributed by atoms with E-state index < -0.39 is 0 Å². The van der Waals surface area contributed by atoms with Gasteiger partial charge in [-0.3, -0.25) is 0 Å². The van der Waals surface area contributed by atoms with Crippen molar-refractivity contribution in [3.8, 4) is 5.75 Å². The third kappa shape index (κ3) is 4.52. The van der Waals surface area contributed by atoms with E-state index in [1.807, 2.05) is 6.07 Å². The van der Waals surface area contributed by atoms with Crippen LogP contribution in [0.25, 0.3) is 0 Å². The molecule has 98 valence electrons. The van der Waals surface area contributed by atoms with Gasteiger partial charge < -0.3 is 10.5 Å². The summed E-state index contributed by atoms with van der Waals surface area (Å²) in [6, 6.07) is 4.75. The van der Waals surface area contributed by atoms with Crippen LogP contribution in [0.4, 0.5) is 4.39 Å². The minimum atomic E-state index is -0.342. The van der Waals surface area contributed by atoms with Gasteiger partial charge >= 0.3 is 0 Å². The number of rotatable bonds is 6. The molecule has 0 saturated heterocycles. The van der Waals surface area contributed by atoms with Crippen LogP contribution in [0.5, 0.6) is 5.75 Å². The number of halogens is 2. The third-order valence-corrected chi connectivity index (χ3v) is 2.72. The predicted molar refractivity (Wildman–Crippen MR) is 71.3 cm³/mol. The molecule has 4 heteroatoms. The lowest BCUT2D eigenvalue weighted by Crippen LogP contribution is -2.12. The number of nitrogens with two attached hydrogens (primary N) is 1. The van der Waals surface area contributed by atoms with Crippen LogP contribution >= 0.6 is 12.4 Å². The third-order valence-electron chi connectivity index (χ3n) is 2.72. The van der Waals surface area contributed by atoms with Gasteiger partial charge in [0, 0.05) is 11.6 Å². The second kappa shape index (κ2) is 8.31. The largest absolute Gasteiger partial charge is 0.493 e. The van der Waals surface area contributed by atoms with Crippen molar-refractivity contribution in [3.63, 3.8) is 0 Å². The first-order chi connectivity index (χ1) is 7.70. The predicted octanol–water partition coefficient (Wildman–Crippen LogP) is 3.84. The van der Waals surface area contributed by atoms with Crippen molar-refractivity contribution in [1.82, 2.24) is 0 Å². The fourth-order valence-corrected chi connectivity index (χ4v) is 1.80. The monoisotopic (exact) mass is 261 g/mol. The SMILES string of the molecule is CCCCC[C@H](N)c1cccc(F)c1OC.Cl. The highest BCUT2D eigenvalue weighted by Gasteiger charge is 2.14. The summed E-state index contributed by atoms with van der Waals surface area (Å²) < 4.78 is 18.5. The van der Waals surface area contributed by atoms with Gasteiger partial charge in [0.15, 0.2) is 11.6 Å². The summed E-state index contributed by atoms with van der Waals surface area (Å²) in [4.78, 5) is 0. The molecule has 2 N–H and O–H groups in total. The zero-order valence-corrected chi connectivity index (χ0v) is 11.2. The highest BCUT2D eigenvalue weighted by atomic mass is 35.5. The van der Waals surface area contributed by atoms with Crippen LogP contribution < -0.4 is 10.5 Å². The maximum atomic E-state index is 13.4. The first-order valence-electron chi connectivity index (χ1n) is 5.78.